The van der Waals surface area contributed by atoms with Crippen LogP contribution in [0.25, 0.3) is 0 Å². The van der Waals surface area contributed by atoms with Crippen LogP contribution < -0.4 is 4.74 Å². The third-order valence-electron chi connectivity index (χ3n) is 2.35. The van der Waals surface area contributed by atoms with Crippen molar-refractivity contribution in [3.63, 3.8) is 0 Å². The molecule has 3 rings (SSSR count). The predicted molar refractivity (Wildman–Crippen MR) is 52.4 cm³/mol. The highest BCUT2D eigenvalue weighted by Crippen LogP contribution is 2.33. The van der Waals surface area contributed by atoms with E-state index < -0.39 is 0 Å². The van der Waals surface area contributed by atoms with Gasteiger partial charge in [-0.15, -0.1) is 0 Å². The molecular weight excluding hydrogens is 174 g/mol. The lowest BCUT2D eigenvalue weighted by Gasteiger charge is -2.18. The molecule has 0 bridgehead atoms. The Balaban J connectivity index is 2.12. The van der Waals surface area contributed by atoms with E-state index in [1.807, 2.05) is 24.3 Å². The van der Waals surface area contributed by atoms with Gasteiger partial charge >= 0.3 is 0 Å². The maximum Gasteiger partial charge on any atom is 0.222 e. The summed E-state index contributed by atoms with van der Waals surface area (Å²) in [4.78, 5) is 4.14. The van der Waals surface area contributed by atoms with E-state index in [2.05, 4.69) is 17.1 Å². The summed E-state index contributed by atoms with van der Waals surface area (Å²) in [5.41, 5.74) is 2.31. The first-order valence-corrected chi connectivity index (χ1v) is 4.54. The van der Waals surface area contributed by atoms with Crippen LogP contribution in [0.4, 0.5) is 0 Å². The maximum absolute atomic E-state index is 5.65. The lowest BCUT2D eigenvalue weighted by molar-refractivity contribution is 0.440. The van der Waals surface area contributed by atoms with E-state index in [1.165, 1.54) is 5.56 Å². The third-order valence-corrected chi connectivity index (χ3v) is 2.35. The zero-order valence-electron chi connectivity index (χ0n) is 7.53. The van der Waals surface area contributed by atoms with Gasteiger partial charge in [-0.1, -0.05) is 18.2 Å². The molecule has 1 aromatic heterocycles. The van der Waals surface area contributed by atoms with Gasteiger partial charge in [0.25, 0.3) is 0 Å². The second-order valence-electron chi connectivity index (χ2n) is 3.29. The highest BCUT2D eigenvalue weighted by molar-refractivity contribution is 5.46. The molecule has 0 N–H and O–H groups in total. The SMILES string of the molecule is [c]1cnc2c(c1)Cc1ccccc1O2. The van der Waals surface area contributed by atoms with Crippen molar-refractivity contribution in [2.75, 3.05) is 0 Å². The van der Waals surface area contributed by atoms with Crippen LogP contribution in [0.3, 0.4) is 0 Å². The van der Waals surface area contributed by atoms with Gasteiger partial charge in [0.2, 0.25) is 5.88 Å². The first kappa shape index (κ1) is 7.56. The van der Waals surface area contributed by atoms with Crippen molar-refractivity contribution in [2.24, 2.45) is 0 Å². The number of rotatable bonds is 0. The average molecular weight is 182 g/mol. The van der Waals surface area contributed by atoms with Crippen LogP contribution in [-0.4, -0.2) is 4.98 Å². The number of pyridine rings is 1. The number of benzene rings is 1. The summed E-state index contributed by atoms with van der Waals surface area (Å²) < 4.78 is 5.65. The molecule has 0 saturated carbocycles. The predicted octanol–water partition coefficient (Wildman–Crippen LogP) is 2.58. The molecule has 0 amide bonds. The summed E-state index contributed by atoms with van der Waals surface area (Å²) in [6, 6.07) is 12.9. The van der Waals surface area contributed by atoms with E-state index in [0.717, 1.165) is 17.7 Å². The zero-order valence-corrected chi connectivity index (χ0v) is 7.53. The van der Waals surface area contributed by atoms with Gasteiger partial charge in [0.05, 0.1) is 0 Å². The van der Waals surface area contributed by atoms with Crippen molar-refractivity contribution in [1.82, 2.24) is 4.98 Å². The van der Waals surface area contributed by atoms with Crippen molar-refractivity contribution in [3.05, 3.63) is 53.7 Å². The van der Waals surface area contributed by atoms with E-state index in [4.69, 9.17) is 4.74 Å². The third kappa shape index (κ3) is 1.08. The Hall–Kier alpha value is -1.83. The van der Waals surface area contributed by atoms with Crippen molar-refractivity contribution in [3.8, 4) is 11.6 Å². The number of para-hydroxylation sites is 1. The molecule has 1 aromatic carbocycles. The lowest BCUT2D eigenvalue weighted by atomic mass is 10.0. The number of fused-ring (bicyclic) bond motifs is 2. The molecule has 0 unspecified atom stereocenters. The molecule has 0 spiro atoms. The average Bonchev–Trinajstić information content (AvgIpc) is 2.26. The van der Waals surface area contributed by atoms with Gasteiger partial charge < -0.3 is 4.74 Å². The van der Waals surface area contributed by atoms with E-state index in [9.17, 15) is 0 Å². The van der Waals surface area contributed by atoms with Gasteiger partial charge in [-0.05, 0) is 17.7 Å². The van der Waals surface area contributed by atoms with E-state index in [1.54, 1.807) is 6.20 Å². The number of hydrogen-bond donors (Lipinski definition) is 0. The lowest BCUT2D eigenvalue weighted by Crippen LogP contribution is -2.03. The monoisotopic (exact) mass is 182 g/mol. The fraction of sp³-hybridized carbons (Fsp3) is 0.0833. The molecule has 1 aliphatic heterocycles. The normalized spacial score (nSPS) is 12.6. The van der Waals surface area contributed by atoms with E-state index >= 15 is 0 Å². The maximum atomic E-state index is 5.65. The number of aromatic nitrogens is 1. The quantitative estimate of drug-likeness (QED) is 0.533. The van der Waals surface area contributed by atoms with Crippen molar-refractivity contribution < 1.29 is 4.74 Å². The van der Waals surface area contributed by atoms with Gasteiger partial charge in [-0.2, -0.15) is 0 Å². The zero-order chi connectivity index (χ0) is 9.38. The Morgan fingerprint density at radius 2 is 2.14 bits per heavy atom. The first-order chi connectivity index (χ1) is 6.93. The molecule has 0 fully saturated rings. The Kier molecular flexibility index (Phi) is 1.53. The first-order valence-electron chi connectivity index (χ1n) is 4.54. The van der Waals surface area contributed by atoms with Crippen LogP contribution in [0.2, 0.25) is 0 Å². The Morgan fingerprint density at radius 1 is 1.21 bits per heavy atom. The standard InChI is InChI=1S/C12H8NO/c1-2-6-11-9(4-1)8-10-5-3-7-13-12(10)14-11/h1-2,4-7H,8H2. The minimum atomic E-state index is 0.711. The smallest absolute Gasteiger partial charge is 0.222 e. The molecule has 1 radical (unpaired) electrons. The van der Waals surface area contributed by atoms with Crippen LogP contribution in [0.1, 0.15) is 11.1 Å². The molecule has 2 nitrogen and oxygen atoms in total. The summed E-state index contributed by atoms with van der Waals surface area (Å²) in [7, 11) is 0. The molecule has 1 aliphatic rings. The minimum absolute atomic E-state index is 0.711. The molecular formula is C12H8NO. The summed E-state index contributed by atoms with van der Waals surface area (Å²) in [6.07, 6.45) is 2.52. The molecule has 2 aromatic rings. The summed E-state index contributed by atoms with van der Waals surface area (Å²) in [5, 5.41) is 0. The minimum Gasteiger partial charge on any atom is -0.438 e. The van der Waals surface area contributed by atoms with Crippen molar-refractivity contribution in [1.29, 1.82) is 0 Å². The van der Waals surface area contributed by atoms with Gasteiger partial charge in [-0.3, -0.25) is 0 Å². The molecule has 2 heteroatoms. The number of hydrogen-bond acceptors (Lipinski definition) is 2. The van der Waals surface area contributed by atoms with Crippen LogP contribution in [0, 0.1) is 6.07 Å². The van der Waals surface area contributed by atoms with Crippen molar-refractivity contribution in [2.45, 2.75) is 6.42 Å². The van der Waals surface area contributed by atoms with E-state index in [-0.39, 0.29) is 0 Å². The van der Waals surface area contributed by atoms with E-state index in [0.29, 0.717) is 5.88 Å². The largest absolute Gasteiger partial charge is 0.438 e. The molecule has 67 valence electrons. The number of ether oxygens (including phenoxy) is 1. The highest BCUT2D eigenvalue weighted by Gasteiger charge is 2.16. The highest BCUT2D eigenvalue weighted by atomic mass is 16.5. The van der Waals surface area contributed by atoms with Crippen LogP contribution >= 0.6 is 0 Å². The topological polar surface area (TPSA) is 22.1 Å². The molecule has 0 atom stereocenters. The second kappa shape index (κ2) is 2.84. The van der Waals surface area contributed by atoms with Crippen LogP contribution in [0.5, 0.6) is 11.6 Å². The molecule has 0 aliphatic carbocycles. The summed E-state index contributed by atoms with van der Waals surface area (Å²) in [5.74, 6) is 1.63. The Morgan fingerprint density at radius 3 is 3.14 bits per heavy atom. The van der Waals surface area contributed by atoms with Crippen LogP contribution in [-0.2, 0) is 6.42 Å². The summed E-state index contributed by atoms with van der Waals surface area (Å²) in [6.45, 7) is 0. The number of nitrogens with zero attached hydrogens (tertiary/aromatic N) is 1. The molecule has 0 saturated heterocycles. The van der Waals surface area contributed by atoms with Gasteiger partial charge in [0, 0.05) is 24.2 Å². The fourth-order valence-corrected chi connectivity index (χ4v) is 1.66. The fourth-order valence-electron chi connectivity index (χ4n) is 1.66. The van der Waals surface area contributed by atoms with Crippen LogP contribution in [0.15, 0.2) is 36.5 Å². The van der Waals surface area contributed by atoms with Gasteiger partial charge in [0.1, 0.15) is 5.75 Å². The molecule has 2 heterocycles. The second-order valence-corrected chi connectivity index (χ2v) is 3.29. The Labute approximate surface area is 82.2 Å². The van der Waals surface area contributed by atoms with Gasteiger partial charge in [0.15, 0.2) is 0 Å². The summed E-state index contributed by atoms with van der Waals surface area (Å²) >= 11 is 0. The van der Waals surface area contributed by atoms with Crippen molar-refractivity contribution >= 4 is 0 Å². The Bertz CT molecular complexity index is 392. The molecule has 14 heavy (non-hydrogen) atoms. The van der Waals surface area contributed by atoms with Gasteiger partial charge in [-0.25, -0.2) is 4.98 Å².